The molecule has 0 heterocycles. The number of nitrogen functional groups attached to an aromatic ring is 1. The number of ether oxygens (including phenoxy) is 1. The summed E-state index contributed by atoms with van der Waals surface area (Å²) in [6, 6.07) is 5.78. The highest BCUT2D eigenvalue weighted by molar-refractivity contribution is 5.75. The lowest BCUT2D eigenvalue weighted by atomic mass is 10.0. The fourth-order valence-corrected chi connectivity index (χ4v) is 2.30. The maximum Gasteiger partial charge on any atom is 0.207 e. The van der Waals surface area contributed by atoms with Crippen LogP contribution in [0.4, 0.5) is 11.4 Å². The number of amides is 1. The van der Waals surface area contributed by atoms with Crippen molar-refractivity contribution in [2.45, 2.75) is 52.2 Å². The molecule has 0 bridgehead atoms. The van der Waals surface area contributed by atoms with Gasteiger partial charge in [-0.3, -0.25) is 4.79 Å². The number of carbonyl (C=O) groups is 1. The quantitative estimate of drug-likeness (QED) is 0.291. The van der Waals surface area contributed by atoms with E-state index in [1.165, 1.54) is 0 Å². The second-order valence-corrected chi connectivity index (χ2v) is 7.93. The smallest absolute Gasteiger partial charge is 0.207 e. The molecule has 0 atom stereocenters. The molecule has 1 aromatic rings. The Morgan fingerprint density at radius 3 is 2.50 bits per heavy atom. The molecule has 0 unspecified atom stereocenters. The summed E-state index contributed by atoms with van der Waals surface area (Å²) in [5, 5.41) is 15.6. The molecule has 0 saturated heterocycles. The van der Waals surface area contributed by atoms with Gasteiger partial charge in [-0.25, -0.2) is 0 Å². The van der Waals surface area contributed by atoms with Crippen LogP contribution >= 0.6 is 0 Å². The van der Waals surface area contributed by atoms with Gasteiger partial charge in [0, 0.05) is 13.1 Å². The van der Waals surface area contributed by atoms with Gasteiger partial charge in [0.1, 0.15) is 0 Å². The van der Waals surface area contributed by atoms with Crippen LogP contribution in [-0.4, -0.2) is 42.4 Å². The van der Waals surface area contributed by atoms with Gasteiger partial charge >= 0.3 is 0 Å². The Morgan fingerprint density at radius 2 is 1.96 bits per heavy atom. The fraction of sp³-hybridized carbons (Fsp3) is 0.550. The predicted molar refractivity (Wildman–Crippen MR) is 108 cm³/mol. The molecule has 146 valence electrons. The molecular formula is C20H33N3O3. The normalized spacial score (nSPS) is 12.8. The fourth-order valence-electron chi connectivity index (χ4n) is 2.30. The molecule has 1 aromatic carbocycles. The molecule has 0 aromatic heterocycles. The number of rotatable bonds is 10. The Labute approximate surface area is 156 Å². The summed E-state index contributed by atoms with van der Waals surface area (Å²) in [7, 11) is 0. The van der Waals surface area contributed by atoms with Gasteiger partial charge in [-0.1, -0.05) is 12.1 Å². The van der Waals surface area contributed by atoms with E-state index in [1.54, 1.807) is 13.8 Å². The molecule has 1 amide bonds. The Hall–Kier alpha value is -2.05. The first-order valence-electron chi connectivity index (χ1n) is 8.88. The summed E-state index contributed by atoms with van der Waals surface area (Å²) in [5.41, 5.74) is 8.59. The van der Waals surface area contributed by atoms with E-state index in [9.17, 15) is 9.90 Å². The number of carbonyl (C=O) groups excluding carboxylic acids is 1. The average molecular weight is 364 g/mol. The number of aliphatic hydroxyl groups is 1. The van der Waals surface area contributed by atoms with Gasteiger partial charge in [0.25, 0.3) is 0 Å². The van der Waals surface area contributed by atoms with E-state index >= 15 is 0 Å². The van der Waals surface area contributed by atoms with Crippen LogP contribution in [0.15, 0.2) is 24.3 Å². The van der Waals surface area contributed by atoms with Gasteiger partial charge in [-0.2, -0.15) is 0 Å². The molecule has 0 radical (unpaired) electrons. The van der Waals surface area contributed by atoms with Crippen molar-refractivity contribution in [3.05, 3.63) is 29.8 Å². The lowest BCUT2D eigenvalue weighted by Gasteiger charge is -2.21. The van der Waals surface area contributed by atoms with Crippen molar-refractivity contribution in [1.82, 2.24) is 5.32 Å². The molecule has 1 rings (SSSR count). The minimum Gasteiger partial charge on any atom is -0.397 e. The van der Waals surface area contributed by atoms with Crippen LogP contribution in [-0.2, 0) is 9.53 Å². The Balaban J connectivity index is 2.89. The van der Waals surface area contributed by atoms with Gasteiger partial charge in [-0.15, -0.1) is 0 Å². The second-order valence-electron chi connectivity index (χ2n) is 7.93. The molecule has 6 nitrogen and oxygen atoms in total. The molecule has 0 aliphatic rings. The first-order valence-corrected chi connectivity index (χ1v) is 8.88. The van der Waals surface area contributed by atoms with E-state index in [-0.39, 0.29) is 5.60 Å². The molecule has 0 saturated carbocycles. The van der Waals surface area contributed by atoms with E-state index in [0.717, 1.165) is 16.8 Å². The van der Waals surface area contributed by atoms with Crippen LogP contribution in [0, 0.1) is 0 Å². The monoisotopic (exact) mass is 363 g/mol. The highest BCUT2D eigenvalue weighted by Gasteiger charge is 2.14. The Kier molecular flexibility index (Phi) is 8.11. The zero-order valence-electron chi connectivity index (χ0n) is 16.6. The van der Waals surface area contributed by atoms with E-state index in [0.29, 0.717) is 38.2 Å². The average Bonchev–Trinajstić information content (AvgIpc) is 2.50. The lowest BCUT2D eigenvalue weighted by molar-refractivity contribution is -0.109. The maximum absolute atomic E-state index is 10.5. The van der Waals surface area contributed by atoms with E-state index < -0.39 is 5.60 Å². The van der Waals surface area contributed by atoms with E-state index in [4.69, 9.17) is 10.5 Å². The van der Waals surface area contributed by atoms with Crippen molar-refractivity contribution in [3.8, 4) is 0 Å². The van der Waals surface area contributed by atoms with Crippen molar-refractivity contribution in [3.63, 3.8) is 0 Å². The van der Waals surface area contributed by atoms with Crippen LogP contribution in [0.2, 0.25) is 0 Å². The number of benzene rings is 1. The zero-order chi connectivity index (χ0) is 19.8. The van der Waals surface area contributed by atoms with Crippen LogP contribution in [0.25, 0.3) is 5.57 Å². The minimum absolute atomic E-state index is 0.198. The number of nitrogens with one attached hydrogen (secondary N) is 2. The summed E-state index contributed by atoms with van der Waals surface area (Å²) in [6.45, 7) is 11.0. The van der Waals surface area contributed by atoms with Gasteiger partial charge in [0.05, 0.1) is 29.2 Å². The summed E-state index contributed by atoms with van der Waals surface area (Å²) in [6.07, 6.45) is 3.37. The summed E-state index contributed by atoms with van der Waals surface area (Å²) >= 11 is 0. The molecule has 0 spiro atoms. The molecule has 5 N–H and O–H groups in total. The van der Waals surface area contributed by atoms with Gasteiger partial charge in [-0.05, 0) is 64.3 Å². The third-order valence-electron chi connectivity index (χ3n) is 3.59. The summed E-state index contributed by atoms with van der Waals surface area (Å²) in [5.74, 6) is 0. The molecule has 0 fully saturated rings. The number of nitrogens with two attached hydrogens (primary N) is 1. The van der Waals surface area contributed by atoms with Crippen molar-refractivity contribution in [2.75, 3.05) is 30.7 Å². The predicted octanol–water partition coefficient (Wildman–Crippen LogP) is 2.79. The molecule has 6 heteroatoms. The van der Waals surface area contributed by atoms with Gasteiger partial charge in [0.2, 0.25) is 6.41 Å². The number of anilines is 2. The highest BCUT2D eigenvalue weighted by Crippen LogP contribution is 2.27. The highest BCUT2D eigenvalue weighted by atomic mass is 16.5. The molecule has 0 aliphatic heterocycles. The summed E-state index contributed by atoms with van der Waals surface area (Å²) < 4.78 is 5.82. The standard InChI is InChI=1S/C20H33N3O3/c1-19(2,3)26-11-9-15(8-10-22-14-24)16-6-7-18(17(21)12-16)23-13-20(4,5)25/h6-8,12,14,23,25H,9-11,13,21H2,1-5H3,(H,22,24)/b15-8+. The Morgan fingerprint density at radius 1 is 1.27 bits per heavy atom. The lowest BCUT2D eigenvalue weighted by Crippen LogP contribution is -2.29. The molecule has 0 aliphatic carbocycles. The van der Waals surface area contributed by atoms with Gasteiger partial charge in [0.15, 0.2) is 0 Å². The topological polar surface area (TPSA) is 96.6 Å². The number of hydrogen-bond donors (Lipinski definition) is 4. The SMILES string of the molecule is CC(C)(O)CNc1ccc(/C(=C/CNC=O)CCOC(C)(C)C)cc1N. The maximum atomic E-state index is 10.5. The summed E-state index contributed by atoms with van der Waals surface area (Å²) in [4.78, 5) is 10.5. The second kappa shape index (κ2) is 9.59. The van der Waals surface area contributed by atoms with Crippen molar-refractivity contribution in [1.29, 1.82) is 0 Å². The van der Waals surface area contributed by atoms with Crippen LogP contribution < -0.4 is 16.4 Å². The van der Waals surface area contributed by atoms with E-state index in [1.807, 2.05) is 45.0 Å². The van der Waals surface area contributed by atoms with Crippen molar-refractivity contribution >= 4 is 23.4 Å². The first-order chi connectivity index (χ1) is 12.0. The van der Waals surface area contributed by atoms with Crippen molar-refractivity contribution < 1.29 is 14.6 Å². The largest absolute Gasteiger partial charge is 0.397 e. The third-order valence-corrected chi connectivity index (χ3v) is 3.59. The molecular weight excluding hydrogens is 330 g/mol. The zero-order valence-corrected chi connectivity index (χ0v) is 16.6. The first kappa shape index (κ1) is 22.0. The molecule has 26 heavy (non-hydrogen) atoms. The van der Waals surface area contributed by atoms with E-state index in [2.05, 4.69) is 10.6 Å². The van der Waals surface area contributed by atoms with Crippen LogP contribution in [0.3, 0.4) is 0 Å². The van der Waals surface area contributed by atoms with Crippen molar-refractivity contribution in [2.24, 2.45) is 0 Å². The van der Waals surface area contributed by atoms with Gasteiger partial charge < -0.3 is 26.2 Å². The van der Waals surface area contributed by atoms with Crippen LogP contribution in [0.5, 0.6) is 0 Å². The Bertz CT molecular complexity index is 614. The number of hydrogen-bond acceptors (Lipinski definition) is 5. The van der Waals surface area contributed by atoms with Crippen LogP contribution in [0.1, 0.15) is 46.6 Å². The third kappa shape index (κ3) is 8.87. The minimum atomic E-state index is -0.818.